The summed E-state index contributed by atoms with van der Waals surface area (Å²) < 4.78 is 7.79. The van der Waals surface area contributed by atoms with Gasteiger partial charge in [0.15, 0.2) is 0 Å². The van der Waals surface area contributed by atoms with Crippen LogP contribution in [0.4, 0.5) is 0 Å². The Balaban J connectivity index is 3.63. The van der Waals surface area contributed by atoms with Crippen molar-refractivity contribution >= 4 is 35.7 Å². The fourth-order valence-corrected chi connectivity index (χ4v) is 0.796. The van der Waals surface area contributed by atoms with E-state index in [0.29, 0.717) is 6.42 Å². The molecule has 0 heterocycles. The van der Waals surface area contributed by atoms with Crippen molar-refractivity contribution in [3.63, 3.8) is 0 Å². The minimum Gasteiger partial charge on any atom is -0.348 e. The first-order valence-electron chi connectivity index (χ1n) is 3.25. The first-order chi connectivity index (χ1) is 5.61. The van der Waals surface area contributed by atoms with Crippen molar-refractivity contribution in [2.75, 3.05) is 0 Å². The highest BCUT2D eigenvalue weighted by Gasteiger charge is 2.16. The lowest BCUT2D eigenvalue weighted by molar-refractivity contribution is -0.139. The number of carbonyl (C=O) groups excluding carboxylic acids is 2. The minimum absolute atomic E-state index is 0.0661. The van der Waals surface area contributed by atoms with Crippen LogP contribution < -0.4 is 0 Å². The van der Waals surface area contributed by atoms with Crippen molar-refractivity contribution in [1.29, 1.82) is 0 Å². The Bertz CT molecular complexity index is 171. The Morgan fingerprint density at radius 1 is 1.33 bits per heavy atom. The molecule has 0 amide bonds. The highest BCUT2D eigenvalue weighted by atomic mass is 35.5. The average Bonchev–Trinajstić information content (AvgIpc) is 2.11. The molecule has 4 nitrogen and oxygen atoms in total. The highest BCUT2D eigenvalue weighted by molar-refractivity contribution is 6.13. The van der Waals surface area contributed by atoms with Crippen molar-refractivity contribution in [2.45, 2.75) is 19.8 Å². The number of carbonyl (C=O) groups is 2. The molecule has 6 heteroatoms. The highest BCUT2D eigenvalue weighted by Crippen LogP contribution is 2.09. The maximum Gasteiger partial charge on any atom is 0.327 e. The summed E-state index contributed by atoms with van der Waals surface area (Å²) in [6.07, 6.45) is 0.369. The summed E-state index contributed by atoms with van der Waals surface area (Å²) >= 11 is 9.56. The van der Waals surface area contributed by atoms with E-state index in [2.05, 4.69) is 8.58 Å². The Labute approximate surface area is 80.1 Å². The SMILES string of the molecule is CC(CCC(=O)OCl)C(=O)OCl. The van der Waals surface area contributed by atoms with E-state index in [9.17, 15) is 9.59 Å². The van der Waals surface area contributed by atoms with E-state index in [1.54, 1.807) is 6.92 Å². The first-order valence-corrected chi connectivity index (χ1v) is 3.87. The molecular weight excluding hydrogens is 207 g/mol. The zero-order valence-electron chi connectivity index (χ0n) is 6.38. The molecule has 12 heavy (non-hydrogen) atoms. The summed E-state index contributed by atoms with van der Waals surface area (Å²) in [5.41, 5.74) is 0. The lowest BCUT2D eigenvalue weighted by Crippen LogP contribution is -2.12. The second kappa shape index (κ2) is 6.08. The Morgan fingerprint density at radius 3 is 2.33 bits per heavy atom. The van der Waals surface area contributed by atoms with Gasteiger partial charge in [0.2, 0.25) is 0 Å². The smallest absolute Gasteiger partial charge is 0.327 e. The molecule has 70 valence electrons. The number of hydrogen-bond acceptors (Lipinski definition) is 4. The lowest BCUT2D eigenvalue weighted by atomic mass is 10.1. The number of hydrogen-bond donors (Lipinski definition) is 0. The average molecular weight is 215 g/mol. The topological polar surface area (TPSA) is 52.6 Å². The van der Waals surface area contributed by atoms with Crippen LogP contribution in [0.5, 0.6) is 0 Å². The van der Waals surface area contributed by atoms with Gasteiger partial charge in [-0.15, -0.1) is 0 Å². The molecule has 0 aliphatic rings. The van der Waals surface area contributed by atoms with Crippen LogP contribution in [0.25, 0.3) is 0 Å². The van der Waals surface area contributed by atoms with Gasteiger partial charge in [-0.2, -0.15) is 0 Å². The molecular formula is C6H8Cl2O4. The van der Waals surface area contributed by atoms with Gasteiger partial charge in [0.25, 0.3) is 0 Å². The molecule has 0 N–H and O–H groups in total. The van der Waals surface area contributed by atoms with Crippen molar-refractivity contribution in [3.05, 3.63) is 0 Å². The molecule has 0 radical (unpaired) electrons. The molecule has 0 rings (SSSR count). The van der Waals surface area contributed by atoms with Crippen LogP contribution in [-0.2, 0) is 18.2 Å². The van der Waals surface area contributed by atoms with Gasteiger partial charge in [0.1, 0.15) is 23.7 Å². The second-order valence-electron chi connectivity index (χ2n) is 2.29. The second-order valence-corrected chi connectivity index (χ2v) is 2.59. The third-order valence-corrected chi connectivity index (χ3v) is 1.67. The molecule has 0 aliphatic heterocycles. The Kier molecular flexibility index (Phi) is 5.84. The van der Waals surface area contributed by atoms with Gasteiger partial charge in [-0.25, -0.2) is 0 Å². The molecule has 0 aromatic carbocycles. The largest absolute Gasteiger partial charge is 0.348 e. The Morgan fingerprint density at radius 2 is 1.92 bits per heavy atom. The molecule has 0 saturated heterocycles. The van der Waals surface area contributed by atoms with Crippen molar-refractivity contribution in [3.8, 4) is 0 Å². The molecule has 0 aliphatic carbocycles. The standard InChI is InChI=1S/C6H8Cl2O4/c1-4(6(10)12-8)2-3-5(9)11-7/h4H,2-3H2,1H3. The van der Waals surface area contributed by atoms with E-state index in [-0.39, 0.29) is 6.42 Å². The summed E-state index contributed by atoms with van der Waals surface area (Å²) in [6.45, 7) is 1.59. The number of rotatable bonds is 4. The fraction of sp³-hybridized carbons (Fsp3) is 0.667. The van der Waals surface area contributed by atoms with Gasteiger partial charge in [0.05, 0.1) is 5.92 Å². The molecule has 0 aromatic heterocycles. The van der Waals surface area contributed by atoms with Crippen molar-refractivity contribution < 1.29 is 18.2 Å². The van der Waals surface area contributed by atoms with E-state index in [1.807, 2.05) is 0 Å². The summed E-state index contributed by atoms with van der Waals surface area (Å²) in [5.74, 6) is -1.58. The molecule has 0 saturated carbocycles. The quantitative estimate of drug-likeness (QED) is 0.717. The van der Waals surface area contributed by atoms with Crippen molar-refractivity contribution in [2.24, 2.45) is 5.92 Å². The van der Waals surface area contributed by atoms with Crippen LogP contribution in [0.1, 0.15) is 19.8 Å². The Hall–Kier alpha value is -0.480. The fourth-order valence-electron chi connectivity index (χ4n) is 0.567. The molecule has 1 atom stereocenters. The summed E-state index contributed by atoms with van der Waals surface area (Å²) in [4.78, 5) is 21.2. The lowest BCUT2D eigenvalue weighted by Gasteiger charge is -2.04. The molecule has 0 aromatic rings. The molecule has 0 fully saturated rings. The van der Waals surface area contributed by atoms with Gasteiger partial charge < -0.3 is 8.58 Å². The third-order valence-electron chi connectivity index (χ3n) is 1.35. The van der Waals surface area contributed by atoms with Crippen molar-refractivity contribution in [1.82, 2.24) is 0 Å². The van der Waals surface area contributed by atoms with E-state index in [4.69, 9.17) is 23.7 Å². The zero-order chi connectivity index (χ0) is 9.56. The molecule has 1 unspecified atom stereocenters. The van der Waals surface area contributed by atoms with Crippen LogP contribution in [-0.4, -0.2) is 11.9 Å². The van der Waals surface area contributed by atoms with Crippen LogP contribution in [0.15, 0.2) is 0 Å². The summed E-state index contributed by atoms with van der Waals surface area (Å²) in [6, 6.07) is 0. The monoisotopic (exact) mass is 214 g/mol. The van der Waals surface area contributed by atoms with Gasteiger partial charge in [0, 0.05) is 6.42 Å². The van der Waals surface area contributed by atoms with E-state index >= 15 is 0 Å². The van der Waals surface area contributed by atoms with E-state index in [1.165, 1.54) is 0 Å². The molecule has 0 spiro atoms. The van der Waals surface area contributed by atoms with E-state index in [0.717, 1.165) is 0 Å². The maximum atomic E-state index is 10.7. The van der Waals surface area contributed by atoms with Crippen LogP contribution in [0.3, 0.4) is 0 Å². The van der Waals surface area contributed by atoms with Crippen LogP contribution in [0.2, 0.25) is 0 Å². The predicted octanol–water partition coefficient (Wildman–Crippen LogP) is 1.80. The van der Waals surface area contributed by atoms with Gasteiger partial charge in [-0.3, -0.25) is 9.59 Å². The van der Waals surface area contributed by atoms with E-state index < -0.39 is 17.9 Å². The molecule has 0 bridgehead atoms. The van der Waals surface area contributed by atoms with Crippen LogP contribution in [0, 0.1) is 5.92 Å². The summed E-state index contributed by atoms with van der Waals surface area (Å²) in [5, 5.41) is 0. The van der Waals surface area contributed by atoms with Gasteiger partial charge >= 0.3 is 11.9 Å². The summed E-state index contributed by atoms with van der Waals surface area (Å²) in [7, 11) is 0. The third kappa shape index (κ3) is 4.41. The van der Waals surface area contributed by atoms with Gasteiger partial charge in [-0.05, 0) is 6.42 Å². The minimum atomic E-state index is -0.578. The predicted molar refractivity (Wildman–Crippen MR) is 42.3 cm³/mol. The van der Waals surface area contributed by atoms with Crippen LogP contribution >= 0.6 is 23.7 Å². The first kappa shape index (κ1) is 11.5. The van der Waals surface area contributed by atoms with Gasteiger partial charge in [-0.1, -0.05) is 6.92 Å². The number of halogens is 2. The maximum absolute atomic E-state index is 10.7. The normalized spacial score (nSPS) is 11.9. The zero-order valence-corrected chi connectivity index (χ0v) is 7.89.